The average Bonchev–Trinajstić information content (AvgIpc) is 2.89. The van der Waals surface area contributed by atoms with Crippen molar-refractivity contribution in [2.45, 2.75) is 19.9 Å². The minimum atomic E-state index is 0.301. The molecule has 2 aromatic rings. The number of hydrogen-bond acceptors (Lipinski definition) is 4. The van der Waals surface area contributed by atoms with Gasteiger partial charge < -0.3 is 9.73 Å². The summed E-state index contributed by atoms with van der Waals surface area (Å²) in [5, 5.41) is 6.35. The molecule has 4 heteroatoms. The summed E-state index contributed by atoms with van der Waals surface area (Å²) in [6.45, 7) is 5.16. The molecule has 0 fully saturated rings. The van der Waals surface area contributed by atoms with E-state index in [2.05, 4.69) is 29.5 Å². The highest BCUT2D eigenvalue weighted by Crippen LogP contribution is 2.26. The average molecular weight is 222 g/mol. The number of thiazole rings is 1. The van der Waals surface area contributed by atoms with Crippen LogP contribution in [-0.2, 0) is 0 Å². The van der Waals surface area contributed by atoms with Crippen LogP contribution in [0.4, 0.5) is 0 Å². The molecule has 0 aromatic carbocycles. The van der Waals surface area contributed by atoms with Gasteiger partial charge in [-0.2, -0.15) is 0 Å². The van der Waals surface area contributed by atoms with Crippen molar-refractivity contribution in [2.24, 2.45) is 0 Å². The van der Waals surface area contributed by atoms with Gasteiger partial charge in [0.2, 0.25) is 0 Å². The van der Waals surface area contributed by atoms with Crippen molar-refractivity contribution >= 4 is 11.3 Å². The van der Waals surface area contributed by atoms with Gasteiger partial charge in [0.05, 0.1) is 12.0 Å². The first-order valence-corrected chi connectivity index (χ1v) is 5.92. The molecule has 0 spiro atoms. The molecule has 2 heterocycles. The van der Waals surface area contributed by atoms with E-state index in [1.165, 1.54) is 0 Å². The smallest absolute Gasteiger partial charge is 0.162 e. The van der Waals surface area contributed by atoms with E-state index in [9.17, 15) is 0 Å². The Labute approximate surface area is 93.2 Å². The van der Waals surface area contributed by atoms with Gasteiger partial charge in [-0.05, 0) is 25.6 Å². The van der Waals surface area contributed by atoms with E-state index in [-0.39, 0.29) is 0 Å². The van der Waals surface area contributed by atoms with Gasteiger partial charge in [0.1, 0.15) is 0 Å². The summed E-state index contributed by atoms with van der Waals surface area (Å²) in [6, 6.07) is 4.11. The molecule has 0 aliphatic heterocycles. The minimum absolute atomic E-state index is 0.301. The Bertz CT molecular complexity index is 408. The van der Waals surface area contributed by atoms with E-state index in [1.807, 2.05) is 12.1 Å². The molecule has 2 aromatic heterocycles. The van der Waals surface area contributed by atoms with Gasteiger partial charge in [-0.3, -0.25) is 0 Å². The maximum atomic E-state index is 5.30. The van der Waals surface area contributed by atoms with E-state index < -0.39 is 0 Å². The third-order valence-corrected chi connectivity index (χ3v) is 3.08. The van der Waals surface area contributed by atoms with Crippen LogP contribution in [0.3, 0.4) is 0 Å². The fourth-order valence-corrected chi connectivity index (χ4v) is 2.29. The second-order valence-electron chi connectivity index (χ2n) is 3.33. The van der Waals surface area contributed by atoms with E-state index in [4.69, 9.17) is 4.42 Å². The van der Waals surface area contributed by atoms with Crippen LogP contribution in [0.1, 0.15) is 25.6 Å². The van der Waals surface area contributed by atoms with Crippen molar-refractivity contribution in [1.82, 2.24) is 10.3 Å². The fraction of sp³-hybridized carbons (Fsp3) is 0.364. The Morgan fingerprint density at radius 2 is 2.47 bits per heavy atom. The van der Waals surface area contributed by atoms with Crippen LogP contribution < -0.4 is 5.32 Å². The summed E-state index contributed by atoms with van der Waals surface area (Å²) in [5.41, 5.74) is 1.08. The molecule has 1 unspecified atom stereocenters. The maximum Gasteiger partial charge on any atom is 0.162 e. The van der Waals surface area contributed by atoms with Crippen molar-refractivity contribution in [1.29, 1.82) is 0 Å². The summed E-state index contributed by atoms with van der Waals surface area (Å²) in [6.07, 6.45) is 1.67. The van der Waals surface area contributed by atoms with E-state index >= 15 is 0 Å². The number of rotatable bonds is 4. The highest BCUT2D eigenvalue weighted by Gasteiger charge is 2.11. The largest absolute Gasteiger partial charge is 0.462 e. The Morgan fingerprint density at radius 3 is 3.13 bits per heavy atom. The third-order valence-electron chi connectivity index (χ3n) is 2.21. The Morgan fingerprint density at radius 1 is 1.60 bits per heavy atom. The molecule has 0 radical (unpaired) electrons. The third kappa shape index (κ3) is 2.27. The van der Waals surface area contributed by atoms with Gasteiger partial charge in [-0.1, -0.05) is 6.92 Å². The Hall–Kier alpha value is -1.13. The van der Waals surface area contributed by atoms with Crippen molar-refractivity contribution in [2.75, 3.05) is 6.54 Å². The number of hydrogen-bond donors (Lipinski definition) is 1. The van der Waals surface area contributed by atoms with Crippen LogP contribution in [0.15, 0.2) is 28.2 Å². The lowest BCUT2D eigenvalue weighted by atomic mass is 10.2. The molecular weight excluding hydrogens is 208 g/mol. The molecule has 0 saturated carbocycles. The van der Waals surface area contributed by atoms with Gasteiger partial charge in [0, 0.05) is 11.4 Å². The molecule has 0 aliphatic rings. The Balaban J connectivity index is 2.17. The van der Waals surface area contributed by atoms with Gasteiger partial charge >= 0.3 is 0 Å². The zero-order valence-corrected chi connectivity index (χ0v) is 9.67. The van der Waals surface area contributed by atoms with Gasteiger partial charge in [-0.15, -0.1) is 11.3 Å². The standard InChI is InChI=1S/C11H14N2OS/c1-3-12-8(2)9-7-15-11(13-9)10-5-4-6-14-10/h4-8,12H,3H2,1-2H3. The first-order valence-electron chi connectivity index (χ1n) is 5.04. The first-order chi connectivity index (χ1) is 7.31. The van der Waals surface area contributed by atoms with Crippen molar-refractivity contribution < 1.29 is 4.42 Å². The molecule has 2 rings (SSSR count). The van der Waals surface area contributed by atoms with E-state index in [0.29, 0.717) is 6.04 Å². The summed E-state index contributed by atoms with van der Waals surface area (Å²) in [7, 11) is 0. The van der Waals surface area contributed by atoms with Crippen LogP contribution in [0, 0.1) is 0 Å². The molecule has 80 valence electrons. The van der Waals surface area contributed by atoms with Crippen molar-refractivity contribution in [3.05, 3.63) is 29.5 Å². The van der Waals surface area contributed by atoms with Gasteiger partial charge in [0.25, 0.3) is 0 Å². The molecule has 0 bridgehead atoms. The van der Waals surface area contributed by atoms with Crippen LogP contribution in [0.2, 0.25) is 0 Å². The molecular formula is C11H14N2OS. The summed E-state index contributed by atoms with van der Waals surface area (Å²) in [5.74, 6) is 0.843. The number of aromatic nitrogens is 1. The highest BCUT2D eigenvalue weighted by atomic mass is 32.1. The minimum Gasteiger partial charge on any atom is -0.462 e. The quantitative estimate of drug-likeness (QED) is 0.864. The maximum absolute atomic E-state index is 5.30. The summed E-state index contributed by atoms with van der Waals surface area (Å²) in [4.78, 5) is 4.53. The highest BCUT2D eigenvalue weighted by molar-refractivity contribution is 7.13. The second-order valence-corrected chi connectivity index (χ2v) is 4.19. The summed E-state index contributed by atoms with van der Waals surface area (Å²) < 4.78 is 5.30. The van der Waals surface area contributed by atoms with E-state index in [0.717, 1.165) is 23.0 Å². The molecule has 0 amide bonds. The SMILES string of the molecule is CCNC(C)c1csc(-c2ccco2)n1. The zero-order valence-electron chi connectivity index (χ0n) is 8.86. The second kappa shape index (κ2) is 4.59. The summed E-state index contributed by atoms with van der Waals surface area (Å²) >= 11 is 1.62. The normalized spacial score (nSPS) is 12.9. The van der Waals surface area contributed by atoms with Gasteiger partial charge in [-0.25, -0.2) is 4.98 Å². The predicted octanol–water partition coefficient (Wildman–Crippen LogP) is 3.07. The lowest BCUT2D eigenvalue weighted by Gasteiger charge is -2.07. The molecule has 15 heavy (non-hydrogen) atoms. The Kier molecular flexibility index (Phi) is 3.18. The zero-order chi connectivity index (χ0) is 10.7. The predicted molar refractivity (Wildman–Crippen MR) is 61.9 cm³/mol. The van der Waals surface area contributed by atoms with Crippen LogP contribution >= 0.6 is 11.3 Å². The first kappa shape index (κ1) is 10.4. The van der Waals surface area contributed by atoms with Crippen LogP contribution in [0.25, 0.3) is 10.8 Å². The monoisotopic (exact) mass is 222 g/mol. The van der Waals surface area contributed by atoms with Gasteiger partial charge in [0.15, 0.2) is 10.8 Å². The van der Waals surface area contributed by atoms with E-state index in [1.54, 1.807) is 17.6 Å². The molecule has 1 atom stereocenters. The van der Waals surface area contributed by atoms with Crippen molar-refractivity contribution in [3.8, 4) is 10.8 Å². The van der Waals surface area contributed by atoms with Crippen LogP contribution in [0.5, 0.6) is 0 Å². The topological polar surface area (TPSA) is 38.1 Å². The number of furan rings is 1. The lowest BCUT2D eigenvalue weighted by Crippen LogP contribution is -2.17. The number of nitrogens with zero attached hydrogens (tertiary/aromatic N) is 1. The fourth-order valence-electron chi connectivity index (χ4n) is 1.41. The molecule has 0 aliphatic carbocycles. The van der Waals surface area contributed by atoms with Crippen LogP contribution in [-0.4, -0.2) is 11.5 Å². The van der Waals surface area contributed by atoms with Crippen molar-refractivity contribution in [3.63, 3.8) is 0 Å². The number of nitrogens with one attached hydrogen (secondary N) is 1. The molecule has 3 nitrogen and oxygen atoms in total. The molecule has 1 N–H and O–H groups in total. The molecule has 0 saturated heterocycles. The lowest BCUT2D eigenvalue weighted by molar-refractivity contribution is 0.575.